The Labute approximate surface area is 246 Å². The van der Waals surface area contributed by atoms with Crippen molar-refractivity contribution < 1.29 is 24.5 Å². The van der Waals surface area contributed by atoms with Crippen LogP contribution in [0.15, 0.2) is 102 Å². The first-order chi connectivity index (χ1) is 18.7. The Kier molecular flexibility index (Phi) is 7.07. The number of pyridine rings is 2. The van der Waals surface area contributed by atoms with Gasteiger partial charge in [-0.2, -0.15) is 11.3 Å². The molecule has 5 aromatic heterocycles. The number of aryl methyl sites for hydroxylation is 1. The van der Waals surface area contributed by atoms with Crippen molar-refractivity contribution in [2.75, 3.05) is 0 Å². The van der Waals surface area contributed by atoms with Gasteiger partial charge in [-0.15, -0.1) is 65.4 Å². The van der Waals surface area contributed by atoms with Gasteiger partial charge in [0.05, 0.1) is 10.3 Å². The number of fused-ring (bicyclic) bond motifs is 6. The van der Waals surface area contributed by atoms with Gasteiger partial charge in [0.25, 0.3) is 0 Å². The van der Waals surface area contributed by atoms with Crippen LogP contribution >= 0.6 is 22.7 Å². The molecule has 0 saturated carbocycles. The van der Waals surface area contributed by atoms with Crippen LogP contribution in [0.5, 0.6) is 0 Å². The molecule has 0 atom stereocenters. The zero-order chi connectivity index (χ0) is 25.5. The number of hydrogen-bond acceptors (Lipinski definition) is 6. The molecule has 0 aliphatic heterocycles. The van der Waals surface area contributed by atoms with E-state index in [1.165, 1.54) is 14.8 Å². The van der Waals surface area contributed by atoms with Crippen LogP contribution in [0.2, 0.25) is 0 Å². The number of hydrogen-bond donors (Lipinski definition) is 0. The molecule has 0 aliphatic rings. The number of nitrogens with zero attached hydrogens (tertiary/aromatic N) is 3. The largest absolute Gasteiger partial charge is 0.486 e. The standard InChI is InChI=1S/C21H11N2OS2.C11H8N.Ir/c1-11-9-10-13-12-6-4-7-15(17(12)24-19(13)22-11)20-23-21-18(26-20)14-5-2-3-8-16(14)25-21;1-2-6-10(7-3-1)11-8-4-5-9-12-11;/h2-6,8-10H,1H3;1-6,8-9H;/q2*-1;. The number of aromatic nitrogens is 3. The topological polar surface area (TPSA) is 51.8 Å². The molecule has 0 bridgehead atoms. The third kappa shape index (κ3) is 4.79. The quantitative estimate of drug-likeness (QED) is 0.168. The average Bonchev–Trinajstić information content (AvgIpc) is 3.65. The van der Waals surface area contributed by atoms with Crippen LogP contribution < -0.4 is 0 Å². The summed E-state index contributed by atoms with van der Waals surface area (Å²) in [5, 5.41) is 4.30. The van der Waals surface area contributed by atoms with E-state index in [9.17, 15) is 0 Å². The van der Waals surface area contributed by atoms with Crippen molar-refractivity contribution in [3.05, 3.63) is 115 Å². The zero-order valence-corrected chi connectivity index (χ0v) is 24.7. The summed E-state index contributed by atoms with van der Waals surface area (Å²) < 4.78 is 8.62. The average molecular weight is 718 g/mol. The van der Waals surface area contributed by atoms with Crippen LogP contribution in [0.3, 0.4) is 0 Å². The summed E-state index contributed by atoms with van der Waals surface area (Å²) in [4.78, 5) is 14.7. The van der Waals surface area contributed by atoms with Crippen LogP contribution in [-0.4, -0.2) is 15.0 Å². The van der Waals surface area contributed by atoms with Crippen molar-refractivity contribution in [3.8, 4) is 21.8 Å². The Balaban J connectivity index is 0.000000180. The molecular weight excluding hydrogens is 699 g/mol. The molecule has 1 radical (unpaired) electrons. The van der Waals surface area contributed by atoms with Crippen molar-refractivity contribution in [2.24, 2.45) is 0 Å². The van der Waals surface area contributed by atoms with E-state index in [1.54, 1.807) is 28.9 Å². The number of benzene rings is 3. The molecule has 191 valence electrons. The first-order valence-corrected chi connectivity index (χ1v) is 13.7. The summed E-state index contributed by atoms with van der Waals surface area (Å²) in [7, 11) is 0. The van der Waals surface area contributed by atoms with Gasteiger partial charge >= 0.3 is 0 Å². The third-order valence-electron chi connectivity index (χ3n) is 6.24. The molecule has 8 aromatic rings. The second kappa shape index (κ2) is 10.8. The van der Waals surface area contributed by atoms with Crippen LogP contribution in [0, 0.1) is 19.1 Å². The molecule has 4 nitrogen and oxygen atoms in total. The van der Waals surface area contributed by atoms with E-state index in [1.807, 2.05) is 67.6 Å². The fourth-order valence-electron chi connectivity index (χ4n) is 4.45. The van der Waals surface area contributed by atoms with Crippen molar-refractivity contribution >= 4 is 64.4 Å². The van der Waals surface area contributed by atoms with Gasteiger partial charge in [-0.05, 0) is 36.9 Å². The van der Waals surface area contributed by atoms with Gasteiger partial charge in [0.15, 0.2) is 0 Å². The molecule has 8 rings (SSSR count). The van der Waals surface area contributed by atoms with Gasteiger partial charge in [0, 0.05) is 52.5 Å². The van der Waals surface area contributed by atoms with Gasteiger partial charge in [-0.25, -0.2) is 4.98 Å². The van der Waals surface area contributed by atoms with E-state index in [-0.39, 0.29) is 20.1 Å². The first-order valence-electron chi connectivity index (χ1n) is 12.1. The smallest absolute Gasteiger partial charge is 0.216 e. The minimum atomic E-state index is 0. The van der Waals surface area contributed by atoms with E-state index < -0.39 is 0 Å². The SMILES string of the molecule is Cc1ccc2c(n1)oc1c(-c3nc4sc5ccccc5c4s3)[c-]ccc12.[Ir].[c-]1ccccc1-c1ccccn1. The van der Waals surface area contributed by atoms with E-state index in [4.69, 9.17) is 9.40 Å². The van der Waals surface area contributed by atoms with Gasteiger partial charge in [0.2, 0.25) is 5.71 Å². The van der Waals surface area contributed by atoms with Crippen molar-refractivity contribution in [1.82, 2.24) is 15.0 Å². The number of rotatable bonds is 2. The van der Waals surface area contributed by atoms with Gasteiger partial charge in [-0.3, -0.25) is 4.98 Å². The second-order valence-corrected chi connectivity index (χ2v) is 10.8. The summed E-state index contributed by atoms with van der Waals surface area (Å²) in [5.74, 6) is 0. The molecule has 0 saturated heterocycles. The molecular formula is C32H19IrN3OS2-2. The number of furan rings is 1. The molecule has 5 heterocycles. The summed E-state index contributed by atoms with van der Waals surface area (Å²) in [6.45, 7) is 1.97. The Morgan fingerprint density at radius 2 is 1.62 bits per heavy atom. The Morgan fingerprint density at radius 3 is 2.46 bits per heavy atom. The van der Waals surface area contributed by atoms with Crippen LogP contribution in [-0.2, 0) is 20.1 Å². The summed E-state index contributed by atoms with van der Waals surface area (Å²) in [6, 6.07) is 36.7. The minimum absolute atomic E-state index is 0. The monoisotopic (exact) mass is 718 g/mol. The summed E-state index contributed by atoms with van der Waals surface area (Å²) in [5.41, 5.74) is 5.35. The maximum Gasteiger partial charge on any atom is 0.216 e. The predicted octanol–water partition coefficient (Wildman–Crippen LogP) is 9.13. The fraction of sp³-hybridized carbons (Fsp3) is 0.0312. The number of thiazole rings is 1. The van der Waals surface area contributed by atoms with Crippen LogP contribution in [0.25, 0.3) is 63.5 Å². The Bertz CT molecular complexity index is 2010. The minimum Gasteiger partial charge on any atom is -0.486 e. The maximum absolute atomic E-state index is 6.11. The van der Waals surface area contributed by atoms with Crippen molar-refractivity contribution in [2.45, 2.75) is 6.92 Å². The molecule has 0 amide bonds. The van der Waals surface area contributed by atoms with E-state index in [2.05, 4.69) is 52.4 Å². The van der Waals surface area contributed by atoms with Crippen molar-refractivity contribution in [3.63, 3.8) is 0 Å². The van der Waals surface area contributed by atoms with Gasteiger partial charge < -0.3 is 9.40 Å². The summed E-state index contributed by atoms with van der Waals surface area (Å²) in [6.07, 6.45) is 1.79. The predicted molar refractivity (Wildman–Crippen MR) is 158 cm³/mol. The molecule has 7 heteroatoms. The molecule has 39 heavy (non-hydrogen) atoms. The molecule has 0 N–H and O–H groups in total. The third-order valence-corrected chi connectivity index (χ3v) is 8.54. The Morgan fingerprint density at radius 1 is 0.744 bits per heavy atom. The van der Waals surface area contributed by atoms with Crippen LogP contribution in [0.4, 0.5) is 0 Å². The zero-order valence-electron chi connectivity index (χ0n) is 20.6. The number of thiophene rings is 1. The first kappa shape index (κ1) is 25.5. The Hall–Kier alpha value is -3.74. The summed E-state index contributed by atoms with van der Waals surface area (Å²) >= 11 is 3.43. The van der Waals surface area contributed by atoms with Crippen LogP contribution in [0.1, 0.15) is 5.69 Å². The molecule has 3 aromatic carbocycles. The normalized spacial score (nSPS) is 11.0. The van der Waals surface area contributed by atoms with E-state index in [0.29, 0.717) is 5.71 Å². The molecule has 0 aliphatic carbocycles. The van der Waals surface area contributed by atoms with Gasteiger partial charge in [0.1, 0.15) is 4.83 Å². The maximum atomic E-state index is 6.11. The van der Waals surface area contributed by atoms with E-state index in [0.717, 1.165) is 48.7 Å². The fourth-order valence-corrected chi connectivity index (χ4v) is 6.80. The molecule has 0 spiro atoms. The molecule has 0 unspecified atom stereocenters. The van der Waals surface area contributed by atoms with Gasteiger partial charge in [-0.1, -0.05) is 41.3 Å². The molecule has 0 fully saturated rings. The second-order valence-electron chi connectivity index (χ2n) is 8.75. The van der Waals surface area contributed by atoms with Crippen molar-refractivity contribution in [1.29, 1.82) is 0 Å². The van der Waals surface area contributed by atoms with E-state index >= 15 is 0 Å².